The van der Waals surface area contributed by atoms with E-state index in [4.69, 9.17) is 11.6 Å². The Morgan fingerprint density at radius 1 is 1.13 bits per heavy atom. The summed E-state index contributed by atoms with van der Waals surface area (Å²) < 4.78 is 13.4. The summed E-state index contributed by atoms with van der Waals surface area (Å²) in [5.41, 5.74) is 0.669. The Kier molecular flexibility index (Phi) is 2.89. The molecule has 15 heavy (non-hydrogen) atoms. The molecule has 0 saturated carbocycles. The number of aliphatic hydroxyl groups is 1. The molecule has 0 radical (unpaired) electrons. The topological polar surface area (TPSA) is 20.2 Å². The molecule has 0 spiro atoms. The van der Waals surface area contributed by atoms with E-state index >= 15 is 0 Å². The van der Waals surface area contributed by atoms with Crippen molar-refractivity contribution in [3.05, 3.63) is 47.8 Å². The van der Waals surface area contributed by atoms with Gasteiger partial charge in [0.25, 0.3) is 0 Å². The summed E-state index contributed by atoms with van der Waals surface area (Å²) in [4.78, 5) is 0. The largest absolute Gasteiger partial charge is 0.387 e. The Morgan fingerprint density at radius 3 is 2.47 bits per heavy atom. The summed E-state index contributed by atoms with van der Waals surface area (Å²) in [5.74, 6) is -0.175. The zero-order chi connectivity index (χ0) is 10.8. The average Bonchev–Trinajstić information content (AvgIpc) is 2.29. The van der Waals surface area contributed by atoms with E-state index in [1.54, 1.807) is 24.3 Å². The summed E-state index contributed by atoms with van der Waals surface area (Å²) in [5, 5.41) is 10.9. The van der Waals surface area contributed by atoms with Gasteiger partial charge in [-0.25, -0.2) is 4.39 Å². The summed E-state index contributed by atoms with van der Waals surface area (Å²) in [6, 6.07) is 9.98. The van der Waals surface area contributed by atoms with Gasteiger partial charge in [0.2, 0.25) is 0 Å². The molecule has 1 atom stereocenters. The Labute approximate surface area is 92.1 Å². The van der Waals surface area contributed by atoms with Gasteiger partial charge in [0.15, 0.2) is 0 Å². The van der Waals surface area contributed by atoms with Crippen LogP contribution in [0.2, 0.25) is 0 Å². The third kappa shape index (κ3) is 1.83. The number of aliphatic hydroxyl groups excluding tert-OH is 1. The van der Waals surface area contributed by atoms with Crippen LogP contribution in [0.15, 0.2) is 36.4 Å². The lowest BCUT2D eigenvalue weighted by Crippen LogP contribution is -2.00. The summed E-state index contributed by atoms with van der Waals surface area (Å²) in [6.45, 7) is 0. The fourth-order valence-corrected chi connectivity index (χ4v) is 1.83. The van der Waals surface area contributed by atoms with Crippen molar-refractivity contribution < 1.29 is 9.50 Å². The highest BCUT2D eigenvalue weighted by Gasteiger charge is 2.11. The van der Waals surface area contributed by atoms with Crippen LogP contribution >= 0.6 is 11.6 Å². The quantitative estimate of drug-likeness (QED) is 0.777. The van der Waals surface area contributed by atoms with E-state index in [2.05, 4.69) is 0 Å². The van der Waals surface area contributed by atoms with Crippen molar-refractivity contribution in [3.8, 4) is 0 Å². The molecule has 3 heteroatoms. The maximum absolute atomic E-state index is 13.4. The normalized spacial score (nSPS) is 13.0. The van der Waals surface area contributed by atoms with Gasteiger partial charge < -0.3 is 5.11 Å². The lowest BCUT2D eigenvalue weighted by atomic mass is 10.0. The van der Waals surface area contributed by atoms with Crippen LogP contribution in [-0.2, 0) is 0 Å². The number of rotatable bonds is 2. The molecule has 0 fully saturated rings. The molecular weight excluding hydrogens is 215 g/mol. The second-order valence-electron chi connectivity index (χ2n) is 3.35. The Bertz CT molecular complexity index is 484. The zero-order valence-electron chi connectivity index (χ0n) is 7.95. The van der Waals surface area contributed by atoms with Gasteiger partial charge in [-0.3, -0.25) is 0 Å². The van der Waals surface area contributed by atoms with Crippen LogP contribution < -0.4 is 0 Å². The lowest BCUT2D eigenvalue weighted by Gasteiger charge is -2.11. The molecule has 2 aromatic carbocycles. The minimum absolute atomic E-state index is 0.107. The van der Waals surface area contributed by atoms with Crippen LogP contribution in [0.4, 0.5) is 4.39 Å². The first-order valence-electron chi connectivity index (χ1n) is 4.65. The van der Waals surface area contributed by atoms with Crippen molar-refractivity contribution >= 4 is 22.4 Å². The summed E-state index contributed by atoms with van der Waals surface area (Å²) >= 11 is 5.58. The molecule has 0 bridgehead atoms. The van der Waals surface area contributed by atoms with E-state index < -0.39 is 6.10 Å². The molecule has 1 N–H and O–H groups in total. The highest BCUT2D eigenvalue weighted by atomic mass is 35.5. The summed E-state index contributed by atoms with van der Waals surface area (Å²) in [7, 11) is 0. The molecule has 0 aliphatic rings. The number of alkyl halides is 1. The molecule has 0 unspecified atom stereocenters. The van der Waals surface area contributed by atoms with Crippen molar-refractivity contribution in [2.45, 2.75) is 6.10 Å². The Hall–Kier alpha value is -1.12. The maximum atomic E-state index is 13.4. The first kappa shape index (κ1) is 10.4. The third-order valence-corrected chi connectivity index (χ3v) is 2.70. The van der Waals surface area contributed by atoms with Gasteiger partial charge in [0, 0.05) is 5.39 Å². The van der Waals surface area contributed by atoms with E-state index in [-0.39, 0.29) is 11.7 Å². The molecule has 0 aliphatic carbocycles. The minimum Gasteiger partial charge on any atom is -0.387 e. The van der Waals surface area contributed by atoms with Crippen molar-refractivity contribution in [1.29, 1.82) is 0 Å². The van der Waals surface area contributed by atoms with Crippen LogP contribution in [0.5, 0.6) is 0 Å². The van der Waals surface area contributed by atoms with Gasteiger partial charge in [0.1, 0.15) is 5.82 Å². The van der Waals surface area contributed by atoms with Crippen LogP contribution in [0.3, 0.4) is 0 Å². The summed E-state index contributed by atoms with van der Waals surface area (Å²) in [6.07, 6.45) is -0.753. The van der Waals surface area contributed by atoms with E-state index in [1.165, 1.54) is 6.07 Å². The standard InChI is InChI=1S/C12H10ClFO/c13-7-12(15)10-5-6-11(14)9-4-2-1-3-8(9)10/h1-6,12,15H,7H2/t12-/m1/s1. The monoisotopic (exact) mass is 224 g/mol. The maximum Gasteiger partial charge on any atom is 0.131 e. The van der Waals surface area contributed by atoms with Crippen LogP contribution in [0.1, 0.15) is 11.7 Å². The van der Waals surface area contributed by atoms with Gasteiger partial charge in [-0.15, -0.1) is 11.6 Å². The SMILES string of the molecule is O[C@H](CCl)c1ccc(F)c2ccccc12. The molecule has 0 saturated heterocycles. The van der Waals surface area contributed by atoms with Gasteiger partial charge >= 0.3 is 0 Å². The van der Waals surface area contributed by atoms with Crippen molar-refractivity contribution in [3.63, 3.8) is 0 Å². The predicted octanol–water partition coefficient (Wildman–Crippen LogP) is 3.25. The zero-order valence-corrected chi connectivity index (χ0v) is 8.71. The van der Waals surface area contributed by atoms with E-state index in [0.717, 1.165) is 0 Å². The molecule has 0 amide bonds. The highest BCUT2D eigenvalue weighted by molar-refractivity contribution is 6.18. The number of fused-ring (bicyclic) bond motifs is 1. The lowest BCUT2D eigenvalue weighted by molar-refractivity contribution is 0.204. The fourth-order valence-electron chi connectivity index (χ4n) is 1.66. The molecule has 2 rings (SSSR count). The smallest absolute Gasteiger partial charge is 0.131 e. The second-order valence-corrected chi connectivity index (χ2v) is 3.66. The number of benzene rings is 2. The van der Waals surface area contributed by atoms with Crippen LogP contribution in [0.25, 0.3) is 10.8 Å². The predicted molar refractivity (Wildman–Crippen MR) is 59.6 cm³/mol. The van der Waals surface area contributed by atoms with E-state index in [9.17, 15) is 9.50 Å². The first-order valence-corrected chi connectivity index (χ1v) is 5.18. The molecule has 2 aromatic rings. The first-order chi connectivity index (χ1) is 7.24. The van der Waals surface area contributed by atoms with Gasteiger partial charge in [-0.05, 0) is 17.0 Å². The molecular formula is C12H10ClFO. The molecule has 1 nitrogen and oxygen atoms in total. The molecule has 78 valence electrons. The van der Waals surface area contributed by atoms with Gasteiger partial charge in [-0.1, -0.05) is 30.3 Å². The Balaban J connectivity index is 2.71. The Morgan fingerprint density at radius 2 is 1.80 bits per heavy atom. The average molecular weight is 225 g/mol. The molecule has 0 heterocycles. The van der Waals surface area contributed by atoms with Crippen molar-refractivity contribution in [2.24, 2.45) is 0 Å². The number of halogens is 2. The number of hydrogen-bond donors (Lipinski definition) is 1. The van der Waals surface area contributed by atoms with E-state index in [1.807, 2.05) is 6.07 Å². The second kappa shape index (κ2) is 4.17. The fraction of sp³-hybridized carbons (Fsp3) is 0.167. The van der Waals surface area contributed by atoms with Gasteiger partial charge in [-0.2, -0.15) is 0 Å². The van der Waals surface area contributed by atoms with Crippen molar-refractivity contribution in [2.75, 3.05) is 5.88 Å². The molecule has 0 aliphatic heterocycles. The highest BCUT2D eigenvalue weighted by Crippen LogP contribution is 2.26. The van der Waals surface area contributed by atoms with Crippen molar-refractivity contribution in [1.82, 2.24) is 0 Å². The van der Waals surface area contributed by atoms with E-state index in [0.29, 0.717) is 16.3 Å². The molecule has 0 aromatic heterocycles. The van der Waals surface area contributed by atoms with Gasteiger partial charge in [0.05, 0.1) is 12.0 Å². The van der Waals surface area contributed by atoms with Crippen LogP contribution in [-0.4, -0.2) is 11.0 Å². The number of hydrogen-bond acceptors (Lipinski definition) is 1. The van der Waals surface area contributed by atoms with Crippen LogP contribution in [0, 0.1) is 5.82 Å². The third-order valence-electron chi connectivity index (χ3n) is 2.41. The minimum atomic E-state index is -0.753.